The zero-order chi connectivity index (χ0) is 36.6. The highest BCUT2D eigenvalue weighted by Crippen LogP contribution is 2.47. The quantitative estimate of drug-likeness (QED) is 0.178. The van der Waals surface area contributed by atoms with Crippen molar-refractivity contribution in [3.8, 4) is 44.5 Å². The Morgan fingerprint density at radius 1 is 0.400 bits per heavy atom. The molecule has 0 atom stereocenters. The number of hydrazone groups is 1. The molecule has 10 rings (SSSR count). The van der Waals surface area contributed by atoms with Gasteiger partial charge in [0, 0.05) is 36.9 Å². The molecule has 4 nitrogen and oxygen atoms in total. The number of hydrogen-bond acceptors (Lipinski definition) is 5. The molecule has 2 heterocycles. The molecule has 1 N–H and O–H groups in total. The van der Waals surface area contributed by atoms with E-state index in [2.05, 4.69) is 181 Å². The summed E-state index contributed by atoms with van der Waals surface area (Å²) >= 11 is 1.85. The Balaban J connectivity index is 1.21. The SMILES string of the molecule is c1ccc(C2=NN(c3ccc(-c4ccccc4)cc3)NC(c3ccc(-c4ccccc4)c4sc5c(-c6ccccc6)cc(-c6ccccc6)cc5c34)=N2)cc1. The maximum absolute atomic E-state index is 5.28. The topological polar surface area (TPSA) is 40.0 Å². The van der Waals surface area contributed by atoms with Gasteiger partial charge >= 0.3 is 0 Å². The predicted molar refractivity (Wildman–Crippen MR) is 233 cm³/mol. The van der Waals surface area contributed by atoms with Gasteiger partial charge in [-0.15, -0.1) is 16.4 Å². The number of amidine groups is 2. The van der Waals surface area contributed by atoms with E-state index in [1.54, 1.807) is 0 Å². The van der Waals surface area contributed by atoms with Crippen molar-refractivity contribution in [2.45, 2.75) is 0 Å². The second-order valence-electron chi connectivity index (χ2n) is 13.6. The molecule has 9 aromatic rings. The summed E-state index contributed by atoms with van der Waals surface area (Å²) in [7, 11) is 0. The summed E-state index contributed by atoms with van der Waals surface area (Å²) in [6.07, 6.45) is 0. The van der Waals surface area contributed by atoms with Crippen LogP contribution in [0.1, 0.15) is 11.1 Å². The largest absolute Gasteiger partial charge is 0.260 e. The normalized spacial score (nSPS) is 12.7. The first-order chi connectivity index (χ1) is 27.3. The Kier molecular flexibility index (Phi) is 8.32. The van der Waals surface area contributed by atoms with Gasteiger partial charge in [0.05, 0.1) is 5.69 Å². The van der Waals surface area contributed by atoms with Gasteiger partial charge in [0.25, 0.3) is 0 Å². The van der Waals surface area contributed by atoms with Crippen LogP contribution in [0.3, 0.4) is 0 Å². The van der Waals surface area contributed by atoms with E-state index in [-0.39, 0.29) is 0 Å². The lowest BCUT2D eigenvalue weighted by molar-refractivity contribution is 0.800. The van der Waals surface area contributed by atoms with Crippen LogP contribution in [0.5, 0.6) is 0 Å². The Morgan fingerprint density at radius 3 is 1.49 bits per heavy atom. The molecule has 55 heavy (non-hydrogen) atoms. The van der Waals surface area contributed by atoms with Crippen LogP contribution >= 0.6 is 11.3 Å². The second-order valence-corrected chi connectivity index (χ2v) is 14.6. The van der Waals surface area contributed by atoms with Crippen molar-refractivity contribution < 1.29 is 0 Å². The van der Waals surface area contributed by atoms with Crippen LogP contribution in [-0.4, -0.2) is 11.7 Å². The minimum Gasteiger partial charge on any atom is -0.260 e. The fraction of sp³-hybridized carbons (Fsp3) is 0. The Bertz CT molecular complexity index is 2850. The molecule has 0 aliphatic carbocycles. The molecular formula is C50H34N4S. The first kappa shape index (κ1) is 32.6. The summed E-state index contributed by atoms with van der Waals surface area (Å²) in [4.78, 5) is 5.28. The highest BCUT2D eigenvalue weighted by molar-refractivity contribution is 7.27. The van der Waals surface area contributed by atoms with E-state index in [0.29, 0.717) is 5.84 Å². The van der Waals surface area contributed by atoms with Crippen LogP contribution in [0, 0.1) is 0 Å². The van der Waals surface area contributed by atoms with Crippen molar-refractivity contribution in [1.82, 2.24) is 5.43 Å². The van der Waals surface area contributed by atoms with Crippen LogP contribution in [0.25, 0.3) is 64.7 Å². The number of thiophene rings is 1. The van der Waals surface area contributed by atoms with Crippen LogP contribution in [0.15, 0.2) is 210 Å². The maximum Gasteiger partial charge on any atom is 0.183 e. The van der Waals surface area contributed by atoms with E-state index in [0.717, 1.165) is 33.6 Å². The van der Waals surface area contributed by atoms with Crippen molar-refractivity contribution >= 4 is 48.9 Å². The smallest absolute Gasteiger partial charge is 0.183 e. The molecule has 260 valence electrons. The van der Waals surface area contributed by atoms with Gasteiger partial charge in [0.1, 0.15) is 0 Å². The van der Waals surface area contributed by atoms with E-state index in [1.165, 1.54) is 53.7 Å². The molecule has 0 spiro atoms. The summed E-state index contributed by atoms with van der Waals surface area (Å²) in [5, 5.41) is 9.27. The van der Waals surface area contributed by atoms with Gasteiger partial charge in [0.2, 0.25) is 0 Å². The van der Waals surface area contributed by atoms with Gasteiger partial charge in [-0.3, -0.25) is 5.43 Å². The van der Waals surface area contributed by atoms with E-state index >= 15 is 0 Å². The lowest BCUT2D eigenvalue weighted by atomic mass is 9.93. The van der Waals surface area contributed by atoms with Crippen LogP contribution < -0.4 is 10.5 Å². The highest BCUT2D eigenvalue weighted by atomic mass is 32.1. The molecule has 0 radical (unpaired) electrons. The number of nitrogens with one attached hydrogen (secondary N) is 1. The Morgan fingerprint density at radius 2 is 0.891 bits per heavy atom. The summed E-state index contributed by atoms with van der Waals surface area (Å²) in [5.41, 5.74) is 16.0. The number of aliphatic imine (C=N–C) groups is 1. The monoisotopic (exact) mass is 722 g/mol. The number of hydrogen-bond donors (Lipinski definition) is 1. The molecule has 0 amide bonds. The average Bonchev–Trinajstić information content (AvgIpc) is 3.67. The first-order valence-corrected chi connectivity index (χ1v) is 19.2. The van der Waals surface area contributed by atoms with Crippen molar-refractivity contribution in [1.29, 1.82) is 0 Å². The first-order valence-electron chi connectivity index (χ1n) is 18.4. The fourth-order valence-electron chi connectivity index (χ4n) is 7.41. The van der Waals surface area contributed by atoms with Gasteiger partial charge in [-0.2, -0.15) is 5.12 Å². The molecule has 1 aliphatic heterocycles. The van der Waals surface area contributed by atoms with Crippen LogP contribution in [0.2, 0.25) is 0 Å². The van der Waals surface area contributed by atoms with E-state index in [9.17, 15) is 0 Å². The van der Waals surface area contributed by atoms with E-state index < -0.39 is 0 Å². The number of rotatable bonds is 7. The molecular weight excluding hydrogens is 689 g/mol. The predicted octanol–water partition coefficient (Wildman–Crippen LogP) is 12.9. The fourth-order valence-corrected chi connectivity index (χ4v) is 8.79. The molecule has 5 heteroatoms. The standard InChI is InChI=1S/C50H34N4S/c1-6-16-34(17-7-1)36-26-28-41(29-27-36)54-52-49(39-24-14-5-15-25-39)51-50(53-54)43-31-30-42(37-20-10-3-11-21-37)48-46(43)45-33-40(35-18-8-2-9-19-35)32-44(47(45)55-48)38-22-12-4-13-23-38/h1-33H,(H,51,52,53). The Hall–Kier alpha value is -7.08. The highest BCUT2D eigenvalue weighted by Gasteiger charge is 2.25. The lowest BCUT2D eigenvalue weighted by Gasteiger charge is -2.27. The second kappa shape index (κ2) is 14.0. The molecule has 8 aromatic carbocycles. The zero-order valence-electron chi connectivity index (χ0n) is 29.8. The maximum atomic E-state index is 5.28. The summed E-state index contributed by atoms with van der Waals surface area (Å²) in [6.45, 7) is 0. The van der Waals surface area contributed by atoms with Crippen LogP contribution in [0.4, 0.5) is 5.69 Å². The molecule has 0 saturated carbocycles. The summed E-state index contributed by atoms with van der Waals surface area (Å²) in [5.74, 6) is 1.37. The number of fused-ring (bicyclic) bond motifs is 3. The third-order valence-electron chi connectivity index (χ3n) is 10.1. The van der Waals surface area contributed by atoms with Crippen molar-refractivity contribution in [3.63, 3.8) is 0 Å². The Labute approximate surface area is 324 Å². The van der Waals surface area contributed by atoms with Crippen molar-refractivity contribution in [2.75, 3.05) is 5.12 Å². The summed E-state index contributed by atoms with van der Waals surface area (Å²) < 4.78 is 2.46. The molecule has 0 bridgehead atoms. The number of hydrazine groups is 1. The number of nitrogens with zero attached hydrogens (tertiary/aromatic N) is 3. The van der Waals surface area contributed by atoms with Gasteiger partial charge in [-0.1, -0.05) is 170 Å². The molecule has 0 fully saturated rings. The average molecular weight is 723 g/mol. The van der Waals surface area contributed by atoms with Crippen molar-refractivity contribution in [3.05, 3.63) is 211 Å². The van der Waals surface area contributed by atoms with Gasteiger partial charge in [0.15, 0.2) is 11.7 Å². The van der Waals surface area contributed by atoms with E-state index in [4.69, 9.17) is 10.1 Å². The van der Waals surface area contributed by atoms with Crippen LogP contribution in [-0.2, 0) is 0 Å². The molecule has 0 saturated heterocycles. The minimum atomic E-state index is 0.635. The molecule has 0 unspecified atom stereocenters. The third kappa shape index (κ3) is 6.17. The zero-order valence-corrected chi connectivity index (χ0v) is 30.6. The van der Waals surface area contributed by atoms with E-state index in [1.807, 2.05) is 40.7 Å². The molecule has 1 aromatic heterocycles. The minimum absolute atomic E-state index is 0.635. The summed E-state index contributed by atoms with van der Waals surface area (Å²) in [6, 6.07) is 70.5. The van der Waals surface area contributed by atoms with Gasteiger partial charge in [-0.25, -0.2) is 4.99 Å². The third-order valence-corrected chi connectivity index (χ3v) is 11.4. The molecule has 1 aliphatic rings. The van der Waals surface area contributed by atoms with Crippen molar-refractivity contribution in [2.24, 2.45) is 10.1 Å². The number of anilines is 1. The van der Waals surface area contributed by atoms with Gasteiger partial charge < -0.3 is 0 Å². The van der Waals surface area contributed by atoms with Gasteiger partial charge in [-0.05, 0) is 69.3 Å². The number of benzene rings is 8. The lowest BCUT2D eigenvalue weighted by Crippen LogP contribution is -2.43.